The molecular weight excluding hydrogens is 356 g/mol. The molecule has 1 fully saturated rings. The van der Waals surface area contributed by atoms with Crippen LogP contribution in [0.4, 0.5) is 5.69 Å². The van der Waals surface area contributed by atoms with E-state index in [1.54, 1.807) is 25.2 Å². The maximum atomic E-state index is 12.2. The summed E-state index contributed by atoms with van der Waals surface area (Å²) in [5.74, 6) is -0.641. The number of carbonyl (C=O) groups excluding carboxylic acids is 3. The van der Waals surface area contributed by atoms with E-state index in [2.05, 4.69) is 16.0 Å². The normalized spacial score (nSPS) is 13.0. The molecule has 7 nitrogen and oxygen atoms in total. The molecule has 0 bridgehead atoms. The van der Waals surface area contributed by atoms with E-state index in [1.165, 1.54) is 4.90 Å². The molecule has 8 heteroatoms. The first kappa shape index (κ1) is 20.0. The highest BCUT2D eigenvalue weighted by molar-refractivity contribution is 6.31. The monoisotopic (exact) mass is 380 g/mol. The average Bonchev–Trinajstić information content (AvgIpc) is 3.41. The zero-order valence-electron chi connectivity index (χ0n) is 15.1. The molecule has 0 radical (unpaired) electrons. The van der Waals surface area contributed by atoms with Gasteiger partial charge in [0.1, 0.15) is 0 Å². The first-order valence-corrected chi connectivity index (χ1v) is 9.13. The Labute approximate surface area is 158 Å². The summed E-state index contributed by atoms with van der Waals surface area (Å²) >= 11 is 6.01. The molecule has 0 unspecified atom stereocenters. The Morgan fingerprint density at radius 1 is 1.27 bits per heavy atom. The van der Waals surface area contributed by atoms with Gasteiger partial charge in [-0.1, -0.05) is 18.5 Å². The standard InChI is InChI=1S/C18H25ClN4O3/c1-3-8-20-18(26)14-7-4-12(19)9-15(14)21-10-17(25)23(2)11-16(24)22-13-5-6-13/h4,7,9,13,21H,3,5-6,8,10-11H2,1-2H3,(H,20,26)(H,22,24). The number of hydrogen-bond acceptors (Lipinski definition) is 4. The second-order valence-electron chi connectivity index (χ2n) is 6.39. The molecule has 0 heterocycles. The zero-order valence-corrected chi connectivity index (χ0v) is 15.9. The van der Waals surface area contributed by atoms with Crippen LogP contribution < -0.4 is 16.0 Å². The number of amides is 3. The predicted octanol–water partition coefficient (Wildman–Crippen LogP) is 1.63. The van der Waals surface area contributed by atoms with Gasteiger partial charge in [0.25, 0.3) is 5.91 Å². The SMILES string of the molecule is CCCNC(=O)c1ccc(Cl)cc1NCC(=O)N(C)CC(=O)NC1CC1. The number of likely N-dealkylation sites (N-methyl/N-ethyl adjacent to an activating group) is 1. The van der Waals surface area contributed by atoms with Crippen molar-refractivity contribution in [2.24, 2.45) is 0 Å². The fourth-order valence-corrected chi connectivity index (χ4v) is 2.48. The van der Waals surface area contributed by atoms with Crippen molar-refractivity contribution >= 4 is 35.0 Å². The smallest absolute Gasteiger partial charge is 0.253 e. The summed E-state index contributed by atoms with van der Waals surface area (Å²) in [6.45, 7) is 2.51. The Morgan fingerprint density at radius 3 is 2.65 bits per heavy atom. The van der Waals surface area contributed by atoms with Gasteiger partial charge in [0, 0.05) is 30.3 Å². The highest BCUT2D eigenvalue weighted by Gasteiger charge is 2.24. The summed E-state index contributed by atoms with van der Waals surface area (Å²) in [4.78, 5) is 37.6. The summed E-state index contributed by atoms with van der Waals surface area (Å²) in [7, 11) is 1.57. The lowest BCUT2D eigenvalue weighted by Crippen LogP contribution is -2.41. The van der Waals surface area contributed by atoms with Gasteiger partial charge in [0.2, 0.25) is 11.8 Å². The molecule has 3 N–H and O–H groups in total. The summed E-state index contributed by atoms with van der Waals surface area (Å²) in [5, 5.41) is 9.05. The fourth-order valence-electron chi connectivity index (χ4n) is 2.30. The van der Waals surface area contributed by atoms with Gasteiger partial charge in [-0.25, -0.2) is 0 Å². The molecule has 1 aromatic carbocycles. The molecule has 26 heavy (non-hydrogen) atoms. The van der Waals surface area contributed by atoms with Crippen molar-refractivity contribution in [3.63, 3.8) is 0 Å². The number of rotatable bonds is 9. The van der Waals surface area contributed by atoms with Crippen LogP contribution in [-0.2, 0) is 9.59 Å². The van der Waals surface area contributed by atoms with Crippen molar-refractivity contribution in [1.82, 2.24) is 15.5 Å². The van der Waals surface area contributed by atoms with Crippen LogP contribution in [0.25, 0.3) is 0 Å². The number of carbonyl (C=O) groups is 3. The molecule has 1 saturated carbocycles. The third kappa shape index (κ3) is 6.22. The highest BCUT2D eigenvalue weighted by Crippen LogP contribution is 2.21. The van der Waals surface area contributed by atoms with Crippen molar-refractivity contribution in [1.29, 1.82) is 0 Å². The molecule has 142 valence electrons. The van der Waals surface area contributed by atoms with E-state index in [4.69, 9.17) is 11.6 Å². The molecule has 3 amide bonds. The van der Waals surface area contributed by atoms with Gasteiger partial charge in [-0.2, -0.15) is 0 Å². The Hall–Kier alpha value is -2.28. The highest BCUT2D eigenvalue weighted by atomic mass is 35.5. The molecule has 1 aromatic rings. The van der Waals surface area contributed by atoms with Gasteiger partial charge in [-0.05, 0) is 37.5 Å². The topological polar surface area (TPSA) is 90.5 Å². The number of nitrogens with one attached hydrogen (secondary N) is 3. The van der Waals surface area contributed by atoms with Crippen LogP contribution in [0.2, 0.25) is 5.02 Å². The van der Waals surface area contributed by atoms with E-state index >= 15 is 0 Å². The minimum atomic E-state index is -0.254. The Balaban J connectivity index is 1.92. The van der Waals surface area contributed by atoms with Crippen LogP contribution in [0, 0.1) is 0 Å². The molecular formula is C18H25ClN4O3. The summed E-state index contributed by atoms with van der Waals surface area (Å²) < 4.78 is 0. The van der Waals surface area contributed by atoms with Crippen LogP contribution >= 0.6 is 11.6 Å². The molecule has 2 rings (SSSR count). The van der Waals surface area contributed by atoms with Gasteiger partial charge in [0.05, 0.1) is 18.7 Å². The van der Waals surface area contributed by atoms with Crippen LogP contribution in [0.1, 0.15) is 36.5 Å². The number of anilines is 1. The van der Waals surface area contributed by atoms with Gasteiger partial charge in [-0.3, -0.25) is 14.4 Å². The van der Waals surface area contributed by atoms with Crippen molar-refractivity contribution < 1.29 is 14.4 Å². The van der Waals surface area contributed by atoms with Crippen molar-refractivity contribution in [2.45, 2.75) is 32.2 Å². The van der Waals surface area contributed by atoms with Crippen LogP contribution in [0.15, 0.2) is 18.2 Å². The van der Waals surface area contributed by atoms with E-state index in [-0.39, 0.29) is 36.9 Å². The number of nitrogens with zero attached hydrogens (tertiary/aromatic N) is 1. The largest absolute Gasteiger partial charge is 0.375 e. The average molecular weight is 381 g/mol. The maximum absolute atomic E-state index is 12.2. The van der Waals surface area contributed by atoms with Gasteiger partial charge in [-0.15, -0.1) is 0 Å². The number of benzene rings is 1. The zero-order chi connectivity index (χ0) is 19.1. The summed E-state index contributed by atoms with van der Waals surface area (Å²) in [5.41, 5.74) is 0.903. The second-order valence-corrected chi connectivity index (χ2v) is 6.83. The molecule has 0 saturated heterocycles. The Kier molecular flexibility index (Phi) is 7.26. The Bertz CT molecular complexity index is 676. The molecule has 0 spiro atoms. The first-order chi connectivity index (χ1) is 12.4. The fraction of sp³-hybridized carbons (Fsp3) is 0.500. The number of halogens is 1. The van der Waals surface area contributed by atoms with Crippen molar-refractivity contribution in [3.8, 4) is 0 Å². The number of hydrogen-bond donors (Lipinski definition) is 3. The van der Waals surface area contributed by atoms with Gasteiger partial charge < -0.3 is 20.9 Å². The lowest BCUT2D eigenvalue weighted by atomic mass is 10.1. The van der Waals surface area contributed by atoms with Crippen LogP contribution in [0.3, 0.4) is 0 Å². The first-order valence-electron chi connectivity index (χ1n) is 8.75. The lowest BCUT2D eigenvalue weighted by molar-refractivity contribution is -0.133. The predicted molar refractivity (Wildman–Crippen MR) is 101 cm³/mol. The minimum absolute atomic E-state index is 0.0103. The van der Waals surface area contributed by atoms with Crippen molar-refractivity contribution in [3.05, 3.63) is 28.8 Å². The lowest BCUT2D eigenvalue weighted by Gasteiger charge is -2.18. The Morgan fingerprint density at radius 2 is 2.00 bits per heavy atom. The molecule has 0 aromatic heterocycles. The van der Waals surface area contributed by atoms with Crippen LogP contribution in [-0.4, -0.2) is 55.3 Å². The third-order valence-corrected chi connectivity index (χ3v) is 4.18. The van der Waals surface area contributed by atoms with Gasteiger partial charge in [0.15, 0.2) is 0 Å². The van der Waals surface area contributed by atoms with Crippen molar-refractivity contribution in [2.75, 3.05) is 32.0 Å². The second kappa shape index (κ2) is 9.43. The maximum Gasteiger partial charge on any atom is 0.253 e. The summed E-state index contributed by atoms with van der Waals surface area (Å²) in [6.07, 6.45) is 2.83. The van der Waals surface area contributed by atoms with E-state index in [0.717, 1.165) is 19.3 Å². The minimum Gasteiger partial charge on any atom is -0.375 e. The van der Waals surface area contributed by atoms with Gasteiger partial charge >= 0.3 is 0 Å². The molecule has 1 aliphatic rings. The van der Waals surface area contributed by atoms with E-state index in [1.807, 2.05) is 6.92 Å². The molecule has 1 aliphatic carbocycles. The summed E-state index contributed by atoms with van der Waals surface area (Å²) in [6, 6.07) is 5.12. The van der Waals surface area contributed by atoms with E-state index < -0.39 is 0 Å². The van der Waals surface area contributed by atoms with E-state index in [9.17, 15) is 14.4 Å². The molecule has 0 aliphatic heterocycles. The quantitative estimate of drug-likeness (QED) is 0.607. The van der Waals surface area contributed by atoms with E-state index in [0.29, 0.717) is 22.8 Å². The van der Waals surface area contributed by atoms with Crippen LogP contribution in [0.5, 0.6) is 0 Å². The molecule has 0 atom stereocenters. The third-order valence-electron chi connectivity index (χ3n) is 3.94.